The Labute approximate surface area is 291 Å². The fourth-order valence-corrected chi connectivity index (χ4v) is 5.64. The van der Waals surface area contributed by atoms with Crippen LogP contribution >= 0.6 is 0 Å². The van der Waals surface area contributed by atoms with Crippen LogP contribution in [-0.2, 0) is 49.3 Å². The summed E-state index contributed by atoms with van der Waals surface area (Å²) in [6.07, 6.45) is -6.41. The molecule has 0 unspecified atom stereocenters. The zero-order valence-corrected chi connectivity index (χ0v) is 29.8. The minimum Gasteiger partial charge on any atom is -0.497 e. The minimum atomic E-state index is -1.45. The molecule has 50 heavy (non-hydrogen) atoms. The van der Waals surface area contributed by atoms with E-state index >= 15 is 0 Å². The van der Waals surface area contributed by atoms with E-state index < -0.39 is 54.6 Å². The van der Waals surface area contributed by atoms with Gasteiger partial charge < -0.3 is 38.1 Å². The third kappa shape index (κ3) is 9.31. The molecule has 4 rings (SSSR count). The molecule has 1 aliphatic heterocycles. The number of anilines is 1. The van der Waals surface area contributed by atoms with Crippen molar-refractivity contribution in [2.24, 2.45) is 0 Å². The largest absolute Gasteiger partial charge is 0.497 e. The van der Waals surface area contributed by atoms with Gasteiger partial charge in [-0.2, -0.15) is 0 Å². The van der Waals surface area contributed by atoms with Crippen molar-refractivity contribution >= 4 is 29.6 Å². The molecule has 0 bridgehead atoms. The van der Waals surface area contributed by atoms with Gasteiger partial charge in [0.25, 0.3) is 0 Å². The molecular weight excluding hydrogens is 650 g/mol. The number of carbonyl (C=O) groups is 4. The van der Waals surface area contributed by atoms with Crippen LogP contribution in [0.3, 0.4) is 0 Å². The summed E-state index contributed by atoms with van der Waals surface area (Å²) in [4.78, 5) is 50.8. The van der Waals surface area contributed by atoms with Crippen molar-refractivity contribution in [1.29, 1.82) is 0 Å². The Hall–Kier alpha value is -5.11. The van der Waals surface area contributed by atoms with Crippen LogP contribution in [0.4, 0.5) is 5.69 Å². The molecule has 5 atom stereocenters. The van der Waals surface area contributed by atoms with Gasteiger partial charge in [-0.05, 0) is 43.7 Å². The molecule has 1 saturated heterocycles. The van der Waals surface area contributed by atoms with E-state index in [4.69, 9.17) is 38.3 Å². The predicted octanol–water partition coefficient (Wildman–Crippen LogP) is 4.26. The molecule has 2 heterocycles. The Balaban J connectivity index is 1.89. The SMILES string of the molecule is COc1ccc(Cc2c(O[C@@H]3O[C@H](COC(C)=O)[C@@H](OC(C)=O)[C@H](OC(C)=O)[C@H]3OC(C)=O)nn(C(C)C)c2-c2ccc(N(C)C)cc2)cc1. The molecule has 0 aliphatic carbocycles. The topological polar surface area (TPSA) is 154 Å². The highest BCUT2D eigenvalue weighted by Crippen LogP contribution is 2.38. The lowest BCUT2D eigenvalue weighted by atomic mass is 9.97. The molecule has 14 nitrogen and oxygen atoms in total. The summed E-state index contributed by atoms with van der Waals surface area (Å²) in [5.41, 5.74) is 4.27. The lowest BCUT2D eigenvalue weighted by Crippen LogP contribution is -2.63. The van der Waals surface area contributed by atoms with E-state index in [0.717, 1.165) is 36.4 Å². The molecule has 0 amide bonds. The highest BCUT2D eigenvalue weighted by atomic mass is 16.7. The molecule has 2 aromatic carbocycles. The van der Waals surface area contributed by atoms with Crippen LogP contribution in [0.2, 0.25) is 0 Å². The molecule has 1 fully saturated rings. The van der Waals surface area contributed by atoms with Crippen LogP contribution in [0.5, 0.6) is 11.6 Å². The lowest BCUT2D eigenvalue weighted by Gasteiger charge is -2.43. The number of carbonyl (C=O) groups excluding carboxylic acids is 4. The van der Waals surface area contributed by atoms with Crippen molar-refractivity contribution in [2.75, 3.05) is 32.7 Å². The quantitative estimate of drug-likeness (QED) is 0.185. The van der Waals surface area contributed by atoms with Gasteiger partial charge in [0.15, 0.2) is 12.2 Å². The van der Waals surface area contributed by atoms with Gasteiger partial charge in [0.1, 0.15) is 18.5 Å². The second kappa shape index (κ2) is 16.5. The van der Waals surface area contributed by atoms with Crippen molar-refractivity contribution in [2.45, 2.75) is 84.7 Å². The fourth-order valence-electron chi connectivity index (χ4n) is 5.64. The summed E-state index contributed by atoms with van der Waals surface area (Å²) in [6.45, 7) is 8.28. The highest BCUT2D eigenvalue weighted by molar-refractivity contribution is 5.70. The second-order valence-electron chi connectivity index (χ2n) is 12.3. The first-order valence-corrected chi connectivity index (χ1v) is 16.2. The predicted molar refractivity (Wildman–Crippen MR) is 181 cm³/mol. The summed E-state index contributed by atoms with van der Waals surface area (Å²) >= 11 is 0. The molecule has 1 aliphatic rings. The van der Waals surface area contributed by atoms with Crippen LogP contribution in [0, 0.1) is 0 Å². The van der Waals surface area contributed by atoms with Gasteiger partial charge in [-0.15, -0.1) is 5.10 Å². The number of hydrogen-bond acceptors (Lipinski definition) is 13. The average molecular weight is 696 g/mol. The van der Waals surface area contributed by atoms with Crippen LogP contribution in [0.1, 0.15) is 58.7 Å². The first-order chi connectivity index (χ1) is 23.7. The molecule has 3 aromatic rings. The number of hydrogen-bond donors (Lipinski definition) is 0. The molecular formula is C36H45N3O11. The summed E-state index contributed by atoms with van der Waals surface area (Å²) in [5, 5.41) is 4.89. The summed E-state index contributed by atoms with van der Waals surface area (Å²) in [7, 11) is 5.51. The summed E-state index contributed by atoms with van der Waals surface area (Å²) in [5.74, 6) is -1.99. The van der Waals surface area contributed by atoms with E-state index in [1.807, 2.05) is 86.1 Å². The van der Waals surface area contributed by atoms with E-state index in [9.17, 15) is 19.2 Å². The molecule has 0 saturated carbocycles. The minimum absolute atomic E-state index is 0.124. The Bertz CT molecular complexity index is 1650. The Morgan fingerprint density at radius 1 is 0.820 bits per heavy atom. The van der Waals surface area contributed by atoms with Gasteiger partial charge in [0.05, 0.1) is 12.8 Å². The van der Waals surface area contributed by atoms with Crippen LogP contribution in [0.15, 0.2) is 48.5 Å². The standard InChI is InChI=1S/C36H45N3O11/c1-20(2)39-31(26-12-14-27(15-13-26)38(7)8)29(18-25-10-16-28(44-9)17-11-25)35(37-39)50-36-34(48-24(6)43)33(47-23(5)42)32(46-22(4)41)30(49-36)19-45-21(3)40/h10-17,20,30,32-34,36H,18-19H2,1-9H3/t30-,32-,33+,34-,36+/m1/s1. The van der Waals surface area contributed by atoms with Gasteiger partial charge in [-0.3, -0.25) is 23.9 Å². The first-order valence-electron chi connectivity index (χ1n) is 16.2. The van der Waals surface area contributed by atoms with Crippen LogP contribution < -0.4 is 14.4 Å². The smallest absolute Gasteiger partial charge is 0.303 e. The average Bonchev–Trinajstić information content (AvgIpc) is 3.40. The first kappa shape index (κ1) is 37.7. The number of methoxy groups -OCH3 is 1. The Morgan fingerprint density at radius 3 is 1.92 bits per heavy atom. The van der Waals surface area contributed by atoms with E-state index in [2.05, 4.69) is 0 Å². The van der Waals surface area contributed by atoms with E-state index in [-0.39, 0.29) is 18.5 Å². The highest BCUT2D eigenvalue weighted by Gasteiger charge is 2.53. The monoisotopic (exact) mass is 695 g/mol. The fraction of sp³-hybridized carbons (Fsp3) is 0.472. The number of esters is 4. The van der Waals surface area contributed by atoms with Gasteiger partial charge in [0, 0.05) is 71.1 Å². The molecule has 14 heteroatoms. The number of nitrogens with zero attached hydrogens (tertiary/aromatic N) is 3. The summed E-state index contributed by atoms with van der Waals surface area (Å²) < 4.78 is 42.0. The maximum Gasteiger partial charge on any atom is 0.303 e. The van der Waals surface area contributed by atoms with Crippen molar-refractivity contribution in [3.8, 4) is 22.9 Å². The van der Waals surface area contributed by atoms with Gasteiger partial charge in [-0.1, -0.05) is 24.3 Å². The maximum atomic E-state index is 12.5. The Morgan fingerprint density at radius 2 is 1.40 bits per heavy atom. The van der Waals surface area contributed by atoms with Gasteiger partial charge in [-0.25, -0.2) is 0 Å². The maximum absolute atomic E-state index is 12.5. The normalized spacial score (nSPS) is 20.1. The number of aromatic nitrogens is 2. The molecule has 0 radical (unpaired) electrons. The van der Waals surface area contributed by atoms with E-state index in [1.54, 1.807) is 7.11 Å². The summed E-state index contributed by atoms with van der Waals surface area (Å²) in [6, 6.07) is 15.5. The number of benzene rings is 2. The lowest BCUT2D eigenvalue weighted by molar-refractivity contribution is -0.289. The van der Waals surface area contributed by atoms with Crippen molar-refractivity contribution in [1.82, 2.24) is 9.78 Å². The zero-order chi connectivity index (χ0) is 36.7. The van der Waals surface area contributed by atoms with Crippen molar-refractivity contribution in [3.63, 3.8) is 0 Å². The number of ether oxygens (including phenoxy) is 7. The number of rotatable bonds is 13. The van der Waals surface area contributed by atoms with Crippen molar-refractivity contribution < 1.29 is 52.3 Å². The molecule has 0 spiro atoms. The second-order valence-corrected chi connectivity index (χ2v) is 12.3. The molecule has 0 N–H and O–H groups in total. The molecule has 1 aromatic heterocycles. The zero-order valence-electron chi connectivity index (χ0n) is 29.8. The van der Waals surface area contributed by atoms with Crippen LogP contribution in [-0.4, -0.2) is 92.2 Å². The van der Waals surface area contributed by atoms with Gasteiger partial charge in [0.2, 0.25) is 18.3 Å². The van der Waals surface area contributed by atoms with Crippen LogP contribution in [0.25, 0.3) is 11.3 Å². The Kier molecular flexibility index (Phi) is 12.5. The third-order valence-electron chi connectivity index (χ3n) is 7.83. The van der Waals surface area contributed by atoms with Gasteiger partial charge >= 0.3 is 23.9 Å². The van der Waals surface area contributed by atoms with Crippen molar-refractivity contribution in [3.05, 3.63) is 59.7 Å². The molecule has 270 valence electrons. The van der Waals surface area contributed by atoms with E-state index in [0.29, 0.717) is 17.7 Å². The van der Waals surface area contributed by atoms with E-state index in [1.165, 1.54) is 13.8 Å². The third-order valence-corrected chi connectivity index (χ3v) is 7.83.